The van der Waals surface area contributed by atoms with Crippen LogP contribution in [0.25, 0.3) is 0 Å². The number of ether oxygens (including phenoxy) is 2. The molecule has 0 atom stereocenters. The van der Waals surface area contributed by atoms with Crippen LogP contribution in [0.5, 0.6) is 0 Å². The van der Waals surface area contributed by atoms with Crippen molar-refractivity contribution in [3.63, 3.8) is 0 Å². The first-order chi connectivity index (χ1) is 10.3. The number of anilines is 3. The van der Waals surface area contributed by atoms with Crippen LogP contribution in [0.1, 0.15) is 12.8 Å². The molecule has 0 radical (unpaired) electrons. The van der Waals surface area contributed by atoms with Crippen molar-refractivity contribution in [1.29, 1.82) is 0 Å². The van der Waals surface area contributed by atoms with Gasteiger partial charge in [0.15, 0.2) is 0 Å². The molecule has 2 rings (SSSR count). The van der Waals surface area contributed by atoms with E-state index in [0.717, 1.165) is 39.1 Å². The fraction of sp³-hybridized carbons (Fsp3) is 0.769. The number of nitrogens with one attached hydrogen (secondary N) is 2. The second-order valence-corrected chi connectivity index (χ2v) is 4.76. The van der Waals surface area contributed by atoms with E-state index in [-0.39, 0.29) is 0 Å². The molecule has 1 aliphatic heterocycles. The molecule has 1 fully saturated rings. The Morgan fingerprint density at radius 2 is 1.90 bits per heavy atom. The number of methoxy groups -OCH3 is 1. The summed E-state index contributed by atoms with van der Waals surface area (Å²) in [6.45, 7) is 4.63. The van der Waals surface area contributed by atoms with Gasteiger partial charge >= 0.3 is 0 Å². The second-order valence-electron chi connectivity index (χ2n) is 4.76. The van der Waals surface area contributed by atoms with E-state index in [1.165, 1.54) is 0 Å². The van der Waals surface area contributed by atoms with Crippen LogP contribution < -0.4 is 15.5 Å². The molecule has 0 aliphatic carbocycles. The number of hydrogen-bond acceptors (Lipinski definition) is 8. The van der Waals surface area contributed by atoms with Gasteiger partial charge in [-0.25, -0.2) is 0 Å². The summed E-state index contributed by atoms with van der Waals surface area (Å²) in [7, 11) is 3.52. The fourth-order valence-electron chi connectivity index (χ4n) is 2.03. The van der Waals surface area contributed by atoms with Crippen molar-refractivity contribution in [3.05, 3.63) is 0 Å². The van der Waals surface area contributed by atoms with E-state index < -0.39 is 0 Å². The number of unbranched alkanes of at least 4 members (excludes halogenated alkanes) is 1. The first-order valence-electron chi connectivity index (χ1n) is 7.33. The molecule has 0 spiro atoms. The van der Waals surface area contributed by atoms with Crippen molar-refractivity contribution >= 4 is 17.8 Å². The number of nitrogens with zero attached hydrogens (tertiary/aromatic N) is 4. The summed E-state index contributed by atoms with van der Waals surface area (Å²) in [5.41, 5.74) is 0. The normalized spacial score (nSPS) is 15.0. The Kier molecular flexibility index (Phi) is 6.42. The van der Waals surface area contributed by atoms with E-state index in [9.17, 15) is 0 Å². The van der Waals surface area contributed by atoms with E-state index in [4.69, 9.17) is 9.47 Å². The summed E-state index contributed by atoms with van der Waals surface area (Å²) in [6.07, 6.45) is 2.03. The van der Waals surface area contributed by atoms with Crippen LogP contribution in [0.3, 0.4) is 0 Å². The predicted octanol–water partition coefficient (Wildman–Crippen LogP) is 0.588. The highest BCUT2D eigenvalue weighted by Gasteiger charge is 2.16. The largest absolute Gasteiger partial charge is 0.385 e. The highest BCUT2D eigenvalue weighted by Crippen LogP contribution is 2.14. The van der Waals surface area contributed by atoms with Crippen LogP contribution in [0.2, 0.25) is 0 Å². The summed E-state index contributed by atoms with van der Waals surface area (Å²) >= 11 is 0. The molecular formula is C13H24N6O2. The highest BCUT2D eigenvalue weighted by molar-refractivity contribution is 5.43. The minimum Gasteiger partial charge on any atom is -0.385 e. The van der Waals surface area contributed by atoms with Crippen molar-refractivity contribution in [1.82, 2.24) is 15.0 Å². The molecule has 118 valence electrons. The van der Waals surface area contributed by atoms with Gasteiger partial charge in [-0.1, -0.05) is 0 Å². The van der Waals surface area contributed by atoms with Crippen LogP contribution in [-0.2, 0) is 9.47 Å². The Morgan fingerprint density at radius 1 is 1.14 bits per heavy atom. The zero-order chi connectivity index (χ0) is 14.9. The van der Waals surface area contributed by atoms with Crippen LogP contribution >= 0.6 is 0 Å². The summed E-state index contributed by atoms with van der Waals surface area (Å²) < 4.78 is 10.4. The van der Waals surface area contributed by atoms with Crippen LogP contribution in [0.15, 0.2) is 0 Å². The van der Waals surface area contributed by atoms with E-state index >= 15 is 0 Å². The minimum absolute atomic E-state index is 0.575. The van der Waals surface area contributed by atoms with Gasteiger partial charge in [-0.3, -0.25) is 0 Å². The smallest absolute Gasteiger partial charge is 0.232 e. The molecule has 1 aliphatic rings. The van der Waals surface area contributed by atoms with Crippen molar-refractivity contribution in [2.45, 2.75) is 12.8 Å². The van der Waals surface area contributed by atoms with Crippen molar-refractivity contribution in [2.24, 2.45) is 0 Å². The minimum atomic E-state index is 0.575. The highest BCUT2D eigenvalue weighted by atomic mass is 16.5. The lowest BCUT2D eigenvalue weighted by Crippen LogP contribution is -2.37. The average molecular weight is 296 g/mol. The average Bonchev–Trinajstić information content (AvgIpc) is 2.55. The third kappa shape index (κ3) is 4.98. The zero-order valence-electron chi connectivity index (χ0n) is 12.8. The quantitative estimate of drug-likeness (QED) is 0.674. The number of aromatic nitrogens is 3. The molecule has 8 heteroatoms. The van der Waals surface area contributed by atoms with E-state index in [1.807, 2.05) is 0 Å². The number of rotatable bonds is 8. The Morgan fingerprint density at radius 3 is 2.62 bits per heavy atom. The molecule has 0 amide bonds. The Hall–Kier alpha value is -1.67. The Balaban J connectivity index is 1.96. The molecule has 0 bridgehead atoms. The Bertz CT molecular complexity index is 425. The lowest BCUT2D eigenvalue weighted by molar-refractivity contribution is 0.122. The first kappa shape index (κ1) is 15.7. The van der Waals surface area contributed by atoms with Gasteiger partial charge in [-0.2, -0.15) is 15.0 Å². The van der Waals surface area contributed by atoms with E-state index in [1.54, 1.807) is 14.2 Å². The lowest BCUT2D eigenvalue weighted by Gasteiger charge is -2.27. The monoisotopic (exact) mass is 296 g/mol. The van der Waals surface area contributed by atoms with Gasteiger partial charge in [0.2, 0.25) is 17.8 Å². The topological polar surface area (TPSA) is 84.4 Å². The maximum absolute atomic E-state index is 5.35. The molecule has 1 aromatic heterocycles. The van der Waals surface area contributed by atoms with Crippen LogP contribution in [0.4, 0.5) is 17.8 Å². The summed E-state index contributed by atoms with van der Waals surface area (Å²) in [5.74, 6) is 1.87. The Labute approximate surface area is 125 Å². The maximum Gasteiger partial charge on any atom is 0.232 e. The van der Waals surface area contributed by atoms with Gasteiger partial charge in [0, 0.05) is 40.4 Å². The molecule has 21 heavy (non-hydrogen) atoms. The zero-order valence-corrected chi connectivity index (χ0v) is 12.8. The van der Waals surface area contributed by atoms with Crippen LogP contribution in [0, 0.1) is 0 Å². The summed E-state index contributed by atoms with van der Waals surface area (Å²) in [4.78, 5) is 15.3. The molecule has 0 saturated carbocycles. The molecule has 0 aromatic carbocycles. The SMILES string of the molecule is CNc1nc(NCCCCOC)nc(N2CCOCC2)n1. The molecule has 2 N–H and O–H groups in total. The van der Waals surface area contributed by atoms with Gasteiger partial charge < -0.3 is 25.0 Å². The van der Waals surface area contributed by atoms with E-state index in [0.29, 0.717) is 31.1 Å². The van der Waals surface area contributed by atoms with Gasteiger partial charge in [0.1, 0.15) is 0 Å². The molecule has 2 heterocycles. The van der Waals surface area contributed by atoms with Crippen molar-refractivity contribution < 1.29 is 9.47 Å². The molecule has 8 nitrogen and oxygen atoms in total. The molecule has 1 aromatic rings. The lowest BCUT2D eigenvalue weighted by atomic mass is 10.3. The second kappa shape index (κ2) is 8.58. The molecule has 0 unspecified atom stereocenters. The van der Waals surface area contributed by atoms with Gasteiger partial charge in [-0.05, 0) is 12.8 Å². The van der Waals surface area contributed by atoms with Crippen molar-refractivity contribution in [2.75, 3.05) is 69.1 Å². The third-order valence-corrected chi connectivity index (χ3v) is 3.20. The predicted molar refractivity (Wildman–Crippen MR) is 82.0 cm³/mol. The van der Waals surface area contributed by atoms with Gasteiger partial charge in [-0.15, -0.1) is 0 Å². The van der Waals surface area contributed by atoms with Gasteiger partial charge in [0.05, 0.1) is 13.2 Å². The van der Waals surface area contributed by atoms with Gasteiger partial charge in [0.25, 0.3) is 0 Å². The number of morpholine rings is 1. The maximum atomic E-state index is 5.35. The standard InChI is InChI=1S/C13H24N6O2/c1-14-11-16-12(15-5-3-4-8-20-2)18-13(17-11)19-6-9-21-10-7-19/h3-10H2,1-2H3,(H2,14,15,16,17,18). The summed E-state index contributed by atoms with van der Waals surface area (Å²) in [6, 6.07) is 0. The molecule has 1 saturated heterocycles. The van der Waals surface area contributed by atoms with E-state index in [2.05, 4.69) is 30.5 Å². The fourth-order valence-corrected chi connectivity index (χ4v) is 2.03. The van der Waals surface area contributed by atoms with Crippen molar-refractivity contribution in [3.8, 4) is 0 Å². The summed E-state index contributed by atoms with van der Waals surface area (Å²) in [5, 5.41) is 6.22. The third-order valence-electron chi connectivity index (χ3n) is 3.20. The van der Waals surface area contributed by atoms with Crippen LogP contribution in [-0.4, -0.2) is 68.6 Å². The first-order valence-corrected chi connectivity index (χ1v) is 7.33. The molecular weight excluding hydrogens is 272 g/mol. The number of hydrogen-bond donors (Lipinski definition) is 2.